The summed E-state index contributed by atoms with van der Waals surface area (Å²) in [6, 6.07) is 27.4. The molecule has 3 heteroatoms. The zero-order chi connectivity index (χ0) is 23.6. The van der Waals surface area contributed by atoms with E-state index in [1.54, 1.807) is 0 Å². The Balaban J connectivity index is 0.00000149. The van der Waals surface area contributed by atoms with E-state index in [9.17, 15) is 0 Å². The molecule has 0 bridgehead atoms. The highest BCUT2D eigenvalue weighted by Gasteiger charge is 2.16. The predicted molar refractivity (Wildman–Crippen MR) is 141 cm³/mol. The Morgan fingerprint density at radius 1 is 0.909 bits per heavy atom. The number of hydrogen-bond donors (Lipinski definition) is 1. The van der Waals surface area contributed by atoms with Crippen molar-refractivity contribution < 1.29 is 4.74 Å². The lowest BCUT2D eigenvalue weighted by Crippen LogP contribution is -2.19. The lowest BCUT2D eigenvalue weighted by atomic mass is 9.95. The van der Waals surface area contributed by atoms with E-state index in [0.29, 0.717) is 6.61 Å². The second-order valence-electron chi connectivity index (χ2n) is 7.60. The van der Waals surface area contributed by atoms with Crippen LogP contribution < -0.4 is 10.1 Å². The molecule has 1 N–H and O–H groups in total. The molecule has 0 aliphatic carbocycles. The van der Waals surface area contributed by atoms with Crippen molar-refractivity contribution in [1.82, 2.24) is 10.3 Å². The van der Waals surface area contributed by atoms with Gasteiger partial charge in [-0.05, 0) is 60.9 Å². The fourth-order valence-corrected chi connectivity index (χ4v) is 4.03. The van der Waals surface area contributed by atoms with Gasteiger partial charge in [-0.1, -0.05) is 60.7 Å². The molecule has 4 aromatic rings. The van der Waals surface area contributed by atoms with Crippen LogP contribution in [0.1, 0.15) is 43.5 Å². The van der Waals surface area contributed by atoms with Crippen molar-refractivity contribution in [2.24, 2.45) is 0 Å². The molecular weight excluding hydrogens is 404 g/mol. The summed E-state index contributed by atoms with van der Waals surface area (Å²) in [7, 11) is 0. The molecule has 1 heterocycles. The van der Waals surface area contributed by atoms with Crippen LogP contribution in [0, 0.1) is 0 Å². The van der Waals surface area contributed by atoms with Gasteiger partial charge in [0.15, 0.2) is 0 Å². The smallest absolute Gasteiger partial charge is 0.124 e. The standard InChI is InChI=1S/C28H28N2O.C2H4/c1-4-31-27-15-8-7-12-25(27)21(3)30-28(23-16-18-29-19-17-23)20(2)24-14-9-11-22-10-5-6-13-26(22)24;1-2/h5-19,21,30H,4H2,1-3H3;1-2H2/b28-20+;. The monoisotopic (exact) mass is 436 g/mol. The average molecular weight is 437 g/mol. The summed E-state index contributed by atoms with van der Waals surface area (Å²) in [5.74, 6) is 0.918. The number of rotatable bonds is 7. The fourth-order valence-electron chi connectivity index (χ4n) is 4.03. The number of pyridine rings is 1. The van der Waals surface area contributed by atoms with Gasteiger partial charge in [-0.15, -0.1) is 13.2 Å². The van der Waals surface area contributed by atoms with Gasteiger partial charge in [0.25, 0.3) is 0 Å². The third-order valence-corrected chi connectivity index (χ3v) is 5.58. The van der Waals surface area contributed by atoms with Crippen LogP contribution in [0.4, 0.5) is 0 Å². The first-order chi connectivity index (χ1) is 16.2. The van der Waals surface area contributed by atoms with Crippen LogP contribution in [0.3, 0.4) is 0 Å². The quantitative estimate of drug-likeness (QED) is 0.302. The SMILES string of the molecule is C=C.CCOc1ccccc1C(C)N/C(=C(\C)c1cccc2ccccc12)c1ccncc1. The Bertz CT molecular complexity index is 1210. The first kappa shape index (κ1) is 23.8. The minimum Gasteiger partial charge on any atom is -0.494 e. The second-order valence-corrected chi connectivity index (χ2v) is 7.60. The zero-order valence-electron chi connectivity index (χ0n) is 19.7. The number of para-hydroxylation sites is 1. The largest absolute Gasteiger partial charge is 0.494 e. The Hall–Kier alpha value is -3.85. The van der Waals surface area contributed by atoms with E-state index < -0.39 is 0 Å². The predicted octanol–water partition coefficient (Wildman–Crippen LogP) is 7.67. The van der Waals surface area contributed by atoms with Gasteiger partial charge in [-0.2, -0.15) is 0 Å². The molecule has 0 amide bonds. The maximum Gasteiger partial charge on any atom is 0.124 e. The lowest BCUT2D eigenvalue weighted by Gasteiger charge is -2.23. The van der Waals surface area contributed by atoms with E-state index in [2.05, 4.69) is 104 Å². The molecule has 33 heavy (non-hydrogen) atoms. The highest BCUT2D eigenvalue weighted by atomic mass is 16.5. The normalized spacial score (nSPS) is 12.2. The van der Waals surface area contributed by atoms with Crippen LogP contribution in [-0.2, 0) is 0 Å². The molecule has 3 aromatic carbocycles. The van der Waals surface area contributed by atoms with Gasteiger partial charge in [0, 0.05) is 29.2 Å². The summed E-state index contributed by atoms with van der Waals surface area (Å²) >= 11 is 0. The van der Waals surface area contributed by atoms with Crippen molar-refractivity contribution in [3.63, 3.8) is 0 Å². The van der Waals surface area contributed by atoms with Crippen LogP contribution in [-0.4, -0.2) is 11.6 Å². The Morgan fingerprint density at radius 3 is 2.33 bits per heavy atom. The first-order valence-electron chi connectivity index (χ1n) is 11.3. The molecule has 3 nitrogen and oxygen atoms in total. The molecule has 0 spiro atoms. The molecule has 0 fully saturated rings. The highest BCUT2D eigenvalue weighted by molar-refractivity contribution is 6.00. The Morgan fingerprint density at radius 2 is 1.58 bits per heavy atom. The summed E-state index contributed by atoms with van der Waals surface area (Å²) < 4.78 is 5.88. The second kappa shape index (κ2) is 11.7. The number of fused-ring (bicyclic) bond motifs is 1. The number of ether oxygens (including phenoxy) is 1. The molecule has 4 rings (SSSR count). The molecular formula is C30H32N2O. The molecule has 0 aliphatic rings. The van der Waals surface area contributed by atoms with Crippen LogP contribution in [0.25, 0.3) is 22.0 Å². The van der Waals surface area contributed by atoms with E-state index in [0.717, 1.165) is 22.6 Å². The van der Waals surface area contributed by atoms with E-state index in [4.69, 9.17) is 4.74 Å². The van der Waals surface area contributed by atoms with Crippen molar-refractivity contribution in [3.8, 4) is 5.75 Å². The van der Waals surface area contributed by atoms with Gasteiger partial charge in [0.05, 0.1) is 12.6 Å². The van der Waals surface area contributed by atoms with Crippen LogP contribution in [0.2, 0.25) is 0 Å². The minimum atomic E-state index is 0.0656. The van der Waals surface area contributed by atoms with Crippen molar-refractivity contribution in [2.45, 2.75) is 26.8 Å². The zero-order valence-corrected chi connectivity index (χ0v) is 19.7. The number of hydrogen-bond acceptors (Lipinski definition) is 3. The molecule has 1 atom stereocenters. The van der Waals surface area contributed by atoms with Crippen molar-refractivity contribution in [2.75, 3.05) is 6.61 Å². The molecule has 0 radical (unpaired) electrons. The molecule has 0 aliphatic heterocycles. The highest BCUT2D eigenvalue weighted by Crippen LogP contribution is 2.33. The number of allylic oxidation sites excluding steroid dienone is 1. The Kier molecular flexibility index (Phi) is 8.43. The van der Waals surface area contributed by atoms with Crippen molar-refractivity contribution in [3.05, 3.63) is 121 Å². The summed E-state index contributed by atoms with van der Waals surface area (Å²) in [5.41, 5.74) is 5.77. The molecule has 0 saturated carbocycles. The van der Waals surface area contributed by atoms with Gasteiger partial charge in [0.2, 0.25) is 0 Å². The summed E-state index contributed by atoms with van der Waals surface area (Å²) in [6.07, 6.45) is 3.68. The van der Waals surface area contributed by atoms with E-state index >= 15 is 0 Å². The molecule has 0 saturated heterocycles. The molecule has 1 unspecified atom stereocenters. The summed E-state index contributed by atoms with van der Waals surface area (Å²) in [5, 5.41) is 6.27. The van der Waals surface area contributed by atoms with Crippen LogP contribution in [0.5, 0.6) is 5.75 Å². The first-order valence-corrected chi connectivity index (χ1v) is 11.3. The lowest BCUT2D eigenvalue weighted by molar-refractivity contribution is 0.334. The molecule has 1 aromatic heterocycles. The van der Waals surface area contributed by atoms with Gasteiger partial charge in [-0.3, -0.25) is 4.98 Å². The Labute approximate surface area is 197 Å². The maximum absolute atomic E-state index is 5.88. The number of aromatic nitrogens is 1. The van der Waals surface area contributed by atoms with Crippen LogP contribution >= 0.6 is 0 Å². The minimum absolute atomic E-state index is 0.0656. The third kappa shape index (κ3) is 5.50. The fraction of sp³-hybridized carbons (Fsp3) is 0.167. The maximum atomic E-state index is 5.88. The summed E-state index contributed by atoms with van der Waals surface area (Å²) in [4.78, 5) is 4.22. The average Bonchev–Trinajstić information content (AvgIpc) is 2.88. The number of nitrogens with zero attached hydrogens (tertiary/aromatic N) is 1. The van der Waals surface area contributed by atoms with Crippen molar-refractivity contribution >= 4 is 22.0 Å². The van der Waals surface area contributed by atoms with Crippen LogP contribution in [0.15, 0.2) is 104 Å². The van der Waals surface area contributed by atoms with Gasteiger partial charge in [0.1, 0.15) is 5.75 Å². The van der Waals surface area contributed by atoms with Crippen molar-refractivity contribution in [1.29, 1.82) is 0 Å². The molecule has 168 valence electrons. The van der Waals surface area contributed by atoms with E-state index in [1.807, 2.05) is 31.5 Å². The van der Waals surface area contributed by atoms with Gasteiger partial charge >= 0.3 is 0 Å². The third-order valence-electron chi connectivity index (χ3n) is 5.58. The van der Waals surface area contributed by atoms with E-state index in [1.165, 1.54) is 21.9 Å². The number of benzene rings is 3. The van der Waals surface area contributed by atoms with E-state index in [-0.39, 0.29) is 6.04 Å². The van der Waals surface area contributed by atoms with Gasteiger partial charge in [-0.25, -0.2) is 0 Å². The number of nitrogens with one attached hydrogen (secondary N) is 1. The topological polar surface area (TPSA) is 34.1 Å². The van der Waals surface area contributed by atoms with Gasteiger partial charge < -0.3 is 10.1 Å². The summed E-state index contributed by atoms with van der Waals surface area (Å²) in [6.45, 7) is 13.0.